The monoisotopic (exact) mass is 303 g/mol. The normalized spacial score (nSPS) is 25.9. The zero-order chi connectivity index (χ0) is 14.3. The predicted molar refractivity (Wildman–Crippen MR) is 70.6 cm³/mol. The zero-order valence-electron chi connectivity index (χ0n) is 10.3. The summed E-state index contributed by atoms with van der Waals surface area (Å²) in [5.41, 5.74) is 4.37. The van der Waals surface area contributed by atoms with E-state index < -0.39 is 26.6 Å². The van der Waals surface area contributed by atoms with E-state index in [-0.39, 0.29) is 17.9 Å². The SMILES string of the molecule is CCOC(=O)[C@]1(N)C[C@H]1S(=O)(=O)c1ccc(Cl)cc1. The molecule has 0 aromatic heterocycles. The lowest BCUT2D eigenvalue weighted by molar-refractivity contribution is -0.145. The van der Waals surface area contributed by atoms with Gasteiger partial charge in [-0.1, -0.05) is 11.6 Å². The minimum atomic E-state index is -3.64. The second kappa shape index (κ2) is 4.77. The van der Waals surface area contributed by atoms with Crippen molar-refractivity contribution in [2.24, 2.45) is 5.73 Å². The third-order valence-corrected chi connectivity index (χ3v) is 5.63. The molecule has 1 aromatic carbocycles. The van der Waals surface area contributed by atoms with Crippen molar-refractivity contribution in [2.45, 2.75) is 29.0 Å². The number of ether oxygens (including phenoxy) is 1. The number of nitrogens with two attached hydrogens (primary N) is 1. The average molecular weight is 304 g/mol. The highest BCUT2D eigenvalue weighted by molar-refractivity contribution is 7.92. The fourth-order valence-electron chi connectivity index (χ4n) is 1.90. The van der Waals surface area contributed by atoms with E-state index in [1.54, 1.807) is 6.92 Å². The second-order valence-electron chi connectivity index (χ2n) is 4.45. The van der Waals surface area contributed by atoms with Crippen molar-refractivity contribution in [3.05, 3.63) is 29.3 Å². The first-order chi connectivity index (χ1) is 8.82. The quantitative estimate of drug-likeness (QED) is 0.843. The molecular formula is C12H14ClNO4S. The van der Waals surface area contributed by atoms with Crippen LogP contribution < -0.4 is 5.73 Å². The third kappa shape index (κ3) is 2.48. The molecule has 0 aliphatic heterocycles. The van der Waals surface area contributed by atoms with Crippen molar-refractivity contribution in [2.75, 3.05) is 6.61 Å². The van der Waals surface area contributed by atoms with Crippen LogP contribution in [0.15, 0.2) is 29.2 Å². The van der Waals surface area contributed by atoms with Gasteiger partial charge >= 0.3 is 5.97 Å². The van der Waals surface area contributed by atoms with Crippen LogP contribution in [-0.4, -0.2) is 31.8 Å². The minimum Gasteiger partial charge on any atom is -0.465 e. The van der Waals surface area contributed by atoms with Crippen molar-refractivity contribution >= 4 is 27.4 Å². The average Bonchev–Trinajstić information content (AvgIpc) is 3.05. The van der Waals surface area contributed by atoms with Crippen molar-refractivity contribution in [1.82, 2.24) is 0 Å². The number of sulfone groups is 1. The van der Waals surface area contributed by atoms with E-state index in [4.69, 9.17) is 22.1 Å². The van der Waals surface area contributed by atoms with Crippen LogP contribution in [0.1, 0.15) is 13.3 Å². The van der Waals surface area contributed by atoms with Gasteiger partial charge in [-0.15, -0.1) is 0 Å². The zero-order valence-corrected chi connectivity index (χ0v) is 11.9. The Balaban J connectivity index is 2.24. The lowest BCUT2D eigenvalue weighted by Gasteiger charge is -2.10. The topological polar surface area (TPSA) is 86.5 Å². The largest absolute Gasteiger partial charge is 0.465 e. The summed E-state index contributed by atoms with van der Waals surface area (Å²) in [5.74, 6) is -0.669. The summed E-state index contributed by atoms with van der Waals surface area (Å²) in [4.78, 5) is 11.7. The number of carbonyl (C=O) groups excluding carboxylic acids is 1. The molecule has 1 saturated carbocycles. The van der Waals surface area contributed by atoms with Gasteiger partial charge in [-0.25, -0.2) is 8.42 Å². The van der Waals surface area contributed by atoms with E-state index in [1.807, 2.05) is 0 Å². The standard InChI is InChI=1S/C12H14ClNO4S/c1-2-18-11(15)12(14)7-10(12)19(16,17)9-5-3-8(13)4-6-9/h3-6,10H,2,7,14H2,1H3/t10-,12+/m1/s1. The Hall–Kier alpha value is -1.11. The molecule has 0 heterocycles. The van der Waals surface area contributed by atoms with Crippen LogP contribution >= 0.6 is 11.6 Å². The van der Waals surface area contributed by atoms with Crippen LogP contribution in [0, 0.1) is 0 Å². The van der Waals surface area contributed by atoms with E-state index in [0.717, 1.165) is 0 Å². The molecule has 19 heavy (non-hydrogen) atoms. The number of rotatable bonds is 4. The lowest BCUT2D eigenvalue weighted by Crippen LogP contribution is -2.40. The smallest absolute Gasteiger partial charge is 0.327 e. The first-order valence-electron chi connectivity index (χ1n) is 5.78. The van der Waals surface area contributed by atoms with Gasteiger partial charge in [0, 0.05) is 5.02 Å². The molecule has 2 atom stereocenters. The van der Waals surface area contributed by atoms with Gasteiger partial charge in [0.05, 0.1) is 16.8 Å². The first-order valence-corrected chi connectivity index (χ1v) is 7.70. The highest BCUT2D eigenvalue weighted by atomic mass is 35.5. The number of hydrogen-bond donors (Lipinski definition) is 1. The van der Waals surface area contributed by atoms with Gasteiger partial charge in [-0.2, -0.15) is 0 Å². The minimum absolute atomic E-state index is 0.0802. The summed E-state index contributed by atoms with van der Waals surface area (Å²) in [6, 6.07) is 5.78. The molecule has 104 valence electrons. The van der Waals surface area contributed by atoms with Crippen LogP contribution in [0.4, 0.5) is 0 Å². The number of hydrogen-bond acceptors (Lipinski definition) is 5. The molecule has 2 N–H and O–H groups in total. The molecule has 1 aromatic rings. The summed E-state index contributed by atoms with van der Waals surface area (Å²) in [6.45, 7) is 1.82. The Morgan fingerprint density at radius 2 is 2.05 bits per heavy atom. The Kier molecular flexibility index (Phi) is 3.59. The number of carbonyl (C=O) groups is 1. The van der Waals surface area contributed by atoms with Crippen molar-refractivity contribution in [1.29, 1.82) is 0 Å². The first kappa shape index (κ1) is 14.3. The van der Waals surface area contributed by atoms with Crippen molar-refractivity contribution in [3.8, 4) is 0 Å². The van der Waals surface area contributed by atoms with E-state index in [1.165, 1.54) is 24.3 Å². The maximum atomic E-state index is 12.3. The van der Waals surface area contributed by atoms with E-state index in [0.29, 0.717) is 5.02 Å². The number of benzene rings is 1. The Bertz CT molecular complexity index is 599. The second-order valence-corrected chi connectivity index (χ2v) is 7.02. The van der Waals surface area contributed by atoms with Crippen LogP contribution in [-0.2, 0) is 19.4 Å². The molecule has 0 saturated heterocycles. The van der Waals surface area contributed by atoms with Crippen LogP contribution in [0.5, 0.6) is 0 Å². The lowest BCUT2D eigenvalue weighted by atomic mass is 10.3. The van der Waals surface area contributed by atoms with Gasteiger partial charge in [0.2, 0.25) is 0 Å². The molecule has 0 bridgehead atoms. The van der Waals surface area contributed by atoms with Gasteiger partial charge < -0.3 is 10.5 Å². The molecule has 0 unspecified atom stereocenters. The third-order valence-electron chi connectivity index (χ3n) is 3.11. The van der Waals surface area contributed by atoms with Gasteiger partial charge in [-0.3, -0.25) is 4.79 Å². The Morgan fingerprint density at radius 3 is 2.58 bits per heavy atom. The Morgan fingerprint density at radius 1 is 1.47 bits per heavy atom. The highest BCUT2D eigenvalue weighted by Gasteiger charge is 2.65. The molecule has 0 amide bonds. The molecule has 1 aliphatic rings. The predicted octanol–water partition coefficient (Wildman–Crippen LogP) is 1.15. The van der Waals surface area contributed by atoms with Gasteiger partial charge in [0.15, 0.2) is 9.84 Å². The van der Waals surface area contributed by atoms with Crippen molar-refractivity contribution < 1.29 is 17.9 Å². The fourth-order valence-corrected chi connectivity index (χ4v) is 4.02. The summed E-state index contributed by atoms with van der Waals surface area (Å²) in [5, 5.41) is -0.487. The van der Waals surface area contributed by atoms with Crippen molar-refractivity contribution in [3.63, 3.8) is 0 Å². The van der Waals surface area contributed by atoms with E-state index in [2.05, 4.69) is 0 Å². The van der Waals surface area contributed by atoms with Gasteiger partial charge in [-0.05, 0) is 37.6 Å². The summed E-state index contributed by atoms with van der Waals surface area (Å²) in [6.07, 6.45) is 0.0802. The van der Waals surface area contributed by atoms with E-state index in [9.17, 15) is 13.2 Å². The molecule has 7 heteroatoms. The number of halogens is 1. The maximum absolute atomic E-state index is 12.3. The molecule has 5 nitrogen and oxygen atoms in total. The molecular weight excluding hydrogens is 290 g/mol. The maximum Gasteiger partial charge on any atom is 0.327 e. The van der Waals surface area contributed by atoms with Gasteiger partial charge in [0.25, 0.3) is 0 Å². The van der Waals surface area contributed by atoms with Crippen LogP contribution in [0.25, 0.3) is 0 Å². The molecule has 0 spiro atoms. The number of esters is 1. The fraction of sp³-hybridized carbons (Fsp3) is 0.417. The Labute approximate surface area is 116 Å². The summed E-state index contributed by atoms with van der Waals surface area (Å²) >= 11 is 5.71. The summed E-state index contributed by atoms with van der Waals surface area (Å²) in [7, 11) is -3.64. The van der Waals surface area contributed by atoms with Crippen LogP contribution in [0.3, 0.4) is 0 Å². The molecule has 1 fully saturated rings. The molecule has 2 rings (SSSR count). The van der Waals surface area contributed by atoms with Gasteiger partial charge in [0.1, 0.15) is 5.54 Å². The highest BCUT2D eigenvalue weighted by Crippen LogP contribution is 2.43. The molecule has 1 aliphatic carbocycles. The molecule has 0 radical (unpaired) electrons. The van der Waals surface area contributed by atoms with Crippen LogP contribution in [0.2, 0.25) is 5.02 Å². The summed E-state index contributed by atoms with van der Waals surface area (Å²) < 4.78 is 29.4. The van der Waals surface area contributed by atoms with E-state index >= 15 is 0 Å².